The van der Waals surface area contributed by atoms with Gasteiger partial charge in [-0.2, -0.15) is 0 Å². The topological polar surface area (TPSA) is 41.6 Å². The van der Waals surface area contributed by atoms with Crippen molar-refractivity contribution in [1.82, 2.24) is 10.2 Å². The Bertz CT molecular complexity index is 1590. The molecule has 7 heteroatoms. The SMILES string of the molecule is CN(C[C@@H](CCC1Oc2ccccc2C12CCNCC2)c1ccc(Cl)c(Cl)c1)C(=O)c1ccc(F)c2ccccc12. The monoisotopic (exact) mass is 590 g/mol. The van der Waals surface area contributed by atoms with Crippen molar-refractivity contribution in [3.8, 4) is 5.75 Å². The molecular formula is C34H33Cl2FN2O2. The Morgan fingerprint density at radius 1 is 1.00 bits per heavy atom. The molecule has 0 bridgehead atoms. The van der Waals surface area contributed by atoms with E-state index in [1.54, 1.807) is 36.2 Å². The Hall–Kier alpha value is -3.12. The van der Waals surface area contributed by atoms with Gasteiger partial charge in [0.05, 0.1) is 10.0 Å². The number of piperidine rings is 1. The number of hydrogen-bond acceptors (Lipinski definition) is 3. The highest BCUT2D eigenvalue weighted by atomic mass is 35.5. The molecule has 4 aromatic carbocycles. The third kappa shape index (κ3) is 5.31. The molecule has 1 N–H and O–H groups in total. The number of hydrogen-bond donors (Lipinski definition) is 1. The van der Waals surface area contributed by atoms with Crippen LogP contribution in [0.2, 0.25) is 10.0 Å². The summed E-state index contributed by atoms with van der Waals surface area (Å²) in [5, 5.41) is 5.56. The zero-order chi connectivity index (χ0) is 28.6. The Balaban J connectivity index is 1.27. The standard InChI is InChI=1S/C34H33Cl2FN2O2/c1-39(33(40)26-12-14-30(37)25-7-3-2-6-24(25)26)21-23(22-10-13-28(35)29(36)20-22)11-15-32-34(16-18-38-19-17-34)27-8-4-5-9-31(27)41-32/h2-10,12-14,20,23,32,38H,11,15-19,21H2,1H3/t23-,32?/m1/s1. The summed E-state index contributed by atoms with van der Waals surface area (Å²) in [6.45, 7) is 2.40. The fourth-order valence-electron chi connectivity index (χ4n) is 6.77. The van der Waals surface area contributed by atoms with E-state index in [9.17, 15) is 9.18 Å². The normalized spacial score (nSPS) is 18.2. The highest BCUT2D eigenvalue weighted by Gasteiger charge is 2.49. The Kier molecular flexibility index (Phi) is 7.95. The fraction of sp³-hybridized carbons (Fsp3) is 0.324. The molecule has 2 aliphatic rings. The number of carbonyl (C=O) groups excluding carboxylic acids is 1. The summed E-state index contributed by atoms with van der Waals surface area (Å²) in [4.78, 5) is 15.5. The van der Waals surface area contributed by atoms with Gasteiger partial charge in [0, 0.05) is 41.4 Å². The van der Waals surface area contributed by atoms with Crippen LogP contribution in [0.4, 0.5) is 4.39 Å². The number of para-hydroxylation sites is 1. The van der Waals surface area contributed by atoms with Gasteiger partial charge in [-0.1, -0.05) is 71.7 Å². The molecule has 4 aromatic rings. The van der Waals surface area contributed by atoms with E-state index in [2.05, 4.69) is 23.5 Å². The van der Waals surface area contributed by atoms with Crippen molar-refractivity contribution < 1.29 is 13.9 Å². The lowest BCUT2D eigenvalue weighted by Crippen LogP contribution is -2.46. The molecule has 0 aromatic heterocycles. The smallest absolute Gasteiger partial charge is 0.254 e. The molecule has 0 saturated carbocycles. The molecule has 0 aliphatic carbocycles. The van der Waals surface area contributed by atoms with Crippen molar-refractivity contribution in [2.75, 3.05) is 26.7 Å². The van der Waals surface area contributed by atoms with Gasteiger partial charge in [-0.3, -0.25) is 4.79 Å². The number of carbonyl (C=O) groups is 1. The zero-order valence-electron chi connectivity index (χ0n) is 23.0. The molecule has 6 rings (SSSR count). The number of ether oxygens (including phenoxy) is 1. The lowest BCUT2D eigenvalue weighted by molar-refractivity contribution is 0.0775. The van der Waals surface area contributed by atoms with E-state index in [-0.39, 0.29) is 29.2 Å². The summed E-state index contributed by atoms with van der Waals surface area (Å²) in [5.74, 6) is 0.501. The van der Waals surface area contributed by atoms with Crippen LogP contribution in [0, 0.1) is 5.82 Å². The second kappa shape index (κ2) is 11.6. The van der Waals surface area contributed by atoms with Crippen LogP contribution in [-0.2, 0) is 5.41 Å². The average Bonchev–Trinajstić information content (AvgIpc) is 3.29. The molecular weight excluding hydrogens is 558 g/mol. The molecule has 2 aliphatic heterocycles. The molecule has 0 radical (unpaired) electrons. The van der Waals surface area contributed by atoms with Crippen LogP contribution in [0.5, 0.6) is 5.75 Å². The number of halogens is 3. The minimum Gasteiger partial charge on any atom is -0.489 e. The maximum absolute atomic E-state index is 14.5. The van der Waals surface area contributed by atoms with Gasteiger partial charge in [-0.25, -0.2) is 4.39 Å². The second-order valence-corrected chi connectivity index (χ2v) is 12.1. The number of amides is 1. The third-order valence-corrected chi connectivity index (χ3v) is 9.68. The molecule has 4 nitrogen and oxygen atoms in total. The fourth-order valence-corrected chi connectivity index (χ4v) is 7.08. The summed E-state index contributed by atoms with van der Waals surface area (Å²) in [5.41, 5.74) is 2.81. The van der Waals surface area contributed by atoms with Gasteiger partial charge in [0.1, 0.15) is 17.7 Å². The molecule has 2 atom stereocenters. The number of nitrogens with one attached hydrogen (secondary N) is 1. The van der Waals surface area contributed by atoms with Gasteiger partial charge in [-0.05, 0) is 80.1 Å². The van der Waals surface area contributed by atoms with Crippen molar-refractivity contribution in [2.45, 2.75) is 43.1 Å². The van der Waals surface area contributed by atoms with Crippen molar-refractivity contribution in [1.29, 1.82) is 0 Å². The highest BCUT2D eigenvalue weighted by molar-refractivity contribution is 6.42. The molecule has 1 amide bonds. The molecule has 1 saturated heterocycles. The molecule has 1 spiro atoms. The summed E-state index contributed by atoms with van der Waals surface area (Å²) >= 11 is 12.7. The van der Waals surface area contributed by atoms with Crippen LogP contribution in [0.25, 0.3) is 10.8 Å². The first-order chi connectivity index (χ1) is 19.9. The summed E-state index contributed by atoms with van der Waals surface area (Å²) in [6.07, 6.45) is 3.74. The molecule has 1 unspecified atom stereocenters. The molecule has 212 valence electrons. The van der Waals surface area contributed by atoms with Gasteiger partial charge >= 0.3 is 0 Å². The van der Waals surface area contributed by atoms with Gasteiger partial charge in [0.15, 0.2) is 0 Å². The van der Waals surface area contributed by atoms with E-state index >= 15 is 0 Å². The average molecular weight is 592 g/mol. The lowest BCUT2D eigenvalue weighted by atomic mass is 9.69. The predicted octanol–water partition coefficient (Wildman–Crippen LogP) is 8.00. The van der Waals surface area contributed by atoms with Crippen LogP contribution in [0.3, 0.4) is 0 Å². The van der Waals surface area contributed by atoms with Gasteiger partial charge in [-0.15, -0.1) is 0 Å². The predicted molar refractivity (Wildman–Crippen MR) is 164 cm³/mol. The van der Waals surface area contributed by atoms with Gasteiger partial charge in [0.25, 0.3) is 5.91 Å². The second-order valence-electron chi connectivity index (χ2n) is 11.3. The van der Waals surface area contributed by atoms with Crippen molar-refractivity contribution in [3.63, 3.8) is 0 Å². The van der Waals surface area contributed by atoms with E-state index < -0.39 is 0 Å². The van der Waals surface area contributed by atoms with Crippen LogP contribution < -0.4 is 10.1 Å². The number of nitrogens with zero attached hydrogens (tertiary/aromatic N) is 1. The largest absolute Gasteiger partial charge is 0.489 e. The molecule has 2 heterocycles. The molecule has 41 heavy (non-hydrogen) atoms. The van der Waals surface area contributed by atoms with Crippen LogP contribution in [-0.4, -0.2) is 43.6 Å². The van der Waals surface area contributed by atoms with Crippen molar-refractivity contribution in [2.24, 2.45) is 0 Å². The minimum absolute atomic E-state index is 0.00323. The Morgan fingerprint density at radius 2 is 1.73 bits per heavy atom. The summed E-state index contributed by atoms with van der Waals surface area (Å²) in [7, 11) is 1.81. The minimum atomic E-state index is -0.335. The third-order valence-electron chi connectivity index (χ3n) is 8.94. The van der Waals surface area contributed by atoms with E-state index in [0.29, 0.717) is 32.9 Å². The maximum atomic E-state index is 14.5. The van der Waals surface area contributed by atoms with E-state index in [1.807, 2.05) is 30.3 Å². The first-order valence-corrected chi connectivity index (χ1v) is 15.0. The zero-order valence-corrected chi connectivity index (χ0v) is 24.5. The van der Waals surface area contributed by atoms with Crippen molar-refractivity contribution >= 4 is 39.9 Å². The van der Waals surface area contributed by atoms with Gasteiger partial charge < -0.3 is 15.0 Å². The Morgan fingerprint density at radius 3 is 2.51 bits per heavy atom. The summed E-state index contributed by atoms with van der Waals surface area (Å²) in [6, 6.07) is 24.2. The number of benzene rings is 4. The number of rotatable bonds is 7. The molecule has 1 fully saturated rings. The van der Waals surface area contributed by atoms with Crippen molar-refractivity contribution in [3.05, 3.63) is 111 Å². The van der Waals surface area contributed by atoms with E-state index in [4.69, 9.17) is 27.9 Å². The lowest BCUT2D eigenvalue weighted by Gasteiger charge is -2.39. The quantitative estimate of drug-likeness (QED) is 0.237. The van der Waals surface area contributed by atoms with Crippen LogP contribution >= 0.6 is 23.2 Å². The highest BCUT2D eigenvalue weighted by Crippen LogP contribution is 2.50. The summed E-state index contributed by atoms with van der Waals surface area (Å²) < 4.78 is 21.1. The number of fused-ring (bicyclic) bond motifs is 3. The van der Waals surface area contributed by atoms with E-state index in [0.717, 1.165) is 50.1 Å². The first kappa shape index (κ1) is 28.0. The van der Waals surface area contributed by atoms with Crippen LogP contribution in [0.15, 0.2) is 78.9 Å². The van der Waals surface area contributed by atoms with E-state index in [1.165, 1.54) is 11.6 Å². The maximum Gasteiger partial charge on any atom is 0.254 e. The van der Waals surface area contributed by atoms with Crippen LogP contribution in [0.1, 0.15) is 53.1 Å². The number of likely N-dealkylation sites (N-methyl/N-ethyl adjacent to an activating group) is 1. The van der Waals surface area contributed by atoms with Gasteiger partial charge in [0.2, 0.25) is 0 Å². The Labute approximate surface area is 250 Å². The first-order valence-electron chi connectivity index (χ1n) is 14.2.